The number of fused-ring (bicyclic) bond motifs is 1. The molecule has 4 aromatic rings. The summed E-state index contributed by atoms with van der Waals surface area (Å²) in [5.74, 6) is -2.83. The molecular weight excluding hydrogens is 708 g/mol. The number of urea groups is 1. The number of nitrogens with one attached hydrogen (secondary N) is 1. The van der Waals surface area contributed by atoms with Crippen LogP contribution in [0.25, 0.3) is 0 Å². The zero-order chi connectivity index (χ0) is 35.8. The van der Waals surface area contributed by atoms with Gasteiger partial charge in [-0.1, -0.05) is 17.7 Å². The van der Waals surface area contributed by atoms with E-state index in [0.717, 1.165) is 12.1 Å². The van der Waals surface area contributed by atoms with Gasteiger partial charge in [0.25, 0.3) is 0 Å². The van der Waals surface area contributed by atoms with Gasteiger partial charge in [0, 0.05) is 72.7 Å². The minimum absolute atomic E-state index is 0.0716. The largest absolute Gasteiger partial charge is 0.478 e. The number of rotatable bonds is 9. The summed E-state index contributed by atoms with van der Waals surface area (Å²) in [6.07, 6.45) is 3.12. The lowest BCUT2D eigenvalue weighted by Gasteiger charge is -2.38. The number of benzene rings is 2. The Labute approximate surface area is 298 Å². The highest BCUT2D eigenvalue weighted by Gasteiger charge is 2.42. The van der Waals surface area contributed by atoms with Crippen LogP contribution < -0.4 is 15.0 Å². The fraction of sp³-hybridized carbons (Fsp3) is 0.235. The third kappa shape index (κ3) is 6.85. The molecule has 2 fully saturated rings. The van der Waals surface area contributed by atoms with Gasteiger partial charge in [0.2, 0.25) is 5.88 Å². The summed E-state index contributed by atoms with van der Waals surface area (Å²) in [6.45, 7) is 2.07. The summed E-state index contributed by atoms with van der Waals surface area (Å²) < 4.78 is 38.9. The van der Waals surface area contributed by atoms with Crippen molar-refractivity contribution in [3.05, 3.63) is 110 Å². The van der Waals surface area contributed by atoms with Crippen LogP contribution in [0.3, 0.4) is 0 Å². The van der Waals surface area contributed by atoms with Crippen LogP contribution in [0.5, 0.6) is 11.6 Å². The molecule has 2 atom stereocenters. The number of methoxy groups -OCH3 is 1. The Bertz CT molecular complexity index is 2080. The Morgan fingerprint density at radius 1 is 1.10 bits per heavy atom. The second kappa shape index (κ2) is 14.0. The molecule has 0 saturated carbocycles. The molecule has 2 aromatic heterocycles. The van der Waals surface area contributed by atoms with Crippen molar-refractivity contribution in [3.63, 3.8) is 0 Å². The van der Waals surface area contributed by atoms with Crippen molar-refractivity contribution in [1.82, 2.24) is 25.1 Å². The van der Waals surface area contributed by atoms with Crippen molar-refractivity contribution < 1.29 is 37.7 Å². The maximum Gasteiger partial charge on any atom is 0.338 e. The van der Waals surface area contributed by atoms with Crippen molar-refractivity contribution in [1.29, 1.82) is 0 Å². The summed E-state index contributed by atoms with van der Waals surface area (Å²) in [5, 5.41) is 14.8. The number of amides is 2. The zero-order valence-electron chi connectivity index (χ0n) is 26.8. The zero-order valence-corrected chi connectivity index (χ0v) is 28.3. The number of halogens is 3. The van der Waals surface area contributed by atoms with Gasteiger partial charge in [-0.15, -0.1) is 11.3 Å². The summed E-state index contributed by atoms with van der Waals surface area (Å²) in [6, 6.07) is 9.27. The van der Waals surface area contributed by atoms with Crippen LogP contribution in [0.4, 0.5) is 19.3 Å². The van der Waals surface area contributed by atoms with E-state index >= 15 is 0 Å². The molecule has 7 rings (SSSR count). The van der Waals surface area contributed by atoms with Crippen molar-refractivity contribution >= 4 is 52.4 Å². The molecule has 51 heavy (non-hydrogen) atoms. The number of ether oxygens (including phenoxy) is 2. The van der Waals surface area contributed by atoms with E-state index in [1.807, 2.05) is 0 Å². The normalized spacial score (nSPS) is 19.1. The monoisotopic (exact) mass is 735 g/mol. The molecular formula is C34H28ClF2N7O6S. The van der Waals surface area contributed by atoms with Crippen molar-refractivity contribution in [2.45, 2.75) is 12.1 Å². The van der Waals surface area contributed by atoms with Gasteiger partial charge < -0.3 is 24.8 Å². The average molecular weight is 736 g/mol. The molecule has 0 bridgehead atoms. The summed E-state index contributed by atoms with van der Waals surface area (Å²) in [4.78, 5) is 56.9. The van der Waals surface area contributed by atoms with E-state index in [2.05, 4.69) is 20.2 Å². The number of carbonyl (C=O) groups is 3. The molecule has 0 unspecified atom stereocenters. The number of anilines is 1. The van der Waals surface area contributed by atoms with Gasteiger partial charge in [-0.3, -0.25) is 14.8 Å². The number of piperazine rings is 1. The first-order valence-corrected chi connectivity index (χ1v) is 16.8. The SMILES string of the molecule is COC(=O)C1=C(CN2CCN3C(=O)N(c4ccc(Oc5ccc(C(=O)O)c(F)c5)nc4)C[C@@H]3C2)NC(c2nccs2)=N[C@H]1c1ccc(F)cc1Cl. The number of amidine groups is 1. The molecule has 2 N–H and O–H groups in total. The van der Waals surface area contributed by atoms with Crippen molar-refractivity contribution in [2.24, 2.45) is 4.99 Å². The summed E-state index contributed by atoms with van der Waals surface area (Å²) in [5.41, 5.74) is 1.25. The smallest absolute Gasteiger partial charge is 0.338 e. The van der Waals surface area contributed by atoms with Gasteiger partial charge in [0.05, 0.1) is 36.2 Å². The van der Waals surface area contributed by atoms with Crippen LogP contribution in [0.2, 0.25) is 5.02 Å². The Balaban J connectivity index is 1.09. The number of aromatic nitrogens is 2. The van der Waals surface area contributed by atoms with E-state index in [1.54, 1.807) is 27.4 Å². The number of thiazole rings is 1. The van der Waals surface area contributed by atoms with E-state index in [0.29, 0.717) is 54.0 Å². The standard InChI is InChI=1S/C34H28ClF2N7O6S/c1-49-33(47)28-26(40-30(31-38-8-11-51-31)41-29(28)22-5-2-18(36)12-24(22)35)17-42-9-10-43-20(15-42)16-44(34(43)48)19-3-7-27(39-14-19)50-21-4-6-23(32(45)46)25(37)13-21/h2-8,11-14,20,29H,9-10,15-17H2,1H3,(H,40,41)(H,45,46)/t20-,29-/m0/s1. The second-order valence-electron chi connectivity index (χ2n) is 11.8. The highest BCUT2D eigenvalue weighted by Crippen LogP contribution is 2.37. The van der Waals surface area contributed by atoms with Crippen LogP contribution in [0, 0.1) is 11.6 Å². The number of hydrogen-bond donors (Lipinski definition) is 2. The van der Waals surface area contributed by atoms with E-state index in [1.165, 1.54) is 55.0 Å². The minimum atomic E-state index is -1.39. The lowest BCUT2D eigenvalue weighted by molar-refractivity contribution is -0.136. The van der Waals surface area contributed by atoms with Crippen LogP contribution >= 0.6 is 22.9 Å². The molecule has 0 spiro atoms. The van der Waals surface area contributed by atoms with E-state index in [9.17, 15) is 23.2 Å². The number of carboxylic acids is 1. The molecule has 2 amide bonds. The molecule has 5 heterocycles. The highest BCUT2D eigenvalue weighted by molar-refractivity contribution is 7.11. The lowest BCUT2D eigenvalue weighted by Crippen LogP contribution is -2.53. The van der Waals surface area contributed by atoms with E-state index in [-0.39, 0.29) is 40.8 Å². The van der Waals surface area contributed by atoms with Gasteiger partial charge in [-0.05, 0) is 30.3 Å². The van der Waals surface area contributed by atoms with Gasteiger partial charge in [-0.2, -0.15) is 0 Å². The van der Waals surface area contributed by atoms with E-state index < -0.39 is 35.2 Å². The van der Waals surface area contributed by atoms with Crippen LogP contribution in [-0.4, -0.2) is 94.6 Å². The number of nitrogens with zero attached hydrogens (tertiary/aromatic N) is 6. The molecule has 3 aliphatic heterocycles. The molecule has 13 nitrogen and oxygen atoms in total. The number of pyridine rings is 1. The van der Waals surface area contributed by atoms with Crippen molar-refractivity contribution in [3.8, 4) is 11.6 Å². The number of esters is 1. The predicted molar refractivity (Wildman–Crippen MR) is 182 cm³/mol. The molecule has 2 saturated heterocycles. The van der Waals surface area contributed by atoms with E-state index in [4.69, 9.17) is 31.2 Å². The quantitative estimate of drug-likeness (QED) is 0.222. The molecule has 0 aliphatic carbocycles. The van der Waals surface area contributed by atoms with Crippen molar-refractivity contribution in [2.75, 3.05) is 44.7 Å². The first-order chi connectivity index (χ1) is 24.6. The van der Waals surface area contributed by atoms with Gasteiger partial charge in [-0.25, -0.2) is 33.1 Å². The summed E-state index contributed by atoms with van der Waals surface area (Å²) in [7, 11) is 1.28. The third-order valence-corrected chi connectivity index (χ3v) is 9.77. The Hall–Kier alpha value is -5.45. The average Bonchev–Trinajstić information content (AvgIpc) is 3.76. The molecule has 17 heteroatoms. The topological polar surface area (TPSA) is 150 Å². The second-order valence-corrected chi connectivity index (χ2v) is 13.1. The molecule has 262 valence electrons. The van der Waals surface area contributed by atoms with Crippen LogP contribution in [0.1, 0.15) is 27.0 Å². The Kier molecular flexibility index (Phi) is 9.37. The third-order valence-electron chi connectivity index (χ3n) is 8.67. The highest BCUT2D eigenvalue weighted by atomic mass is 35.5. The number of aromatic carboxylic acids is 1. The Morgan fingerprint density at radius 2 is 1.94 bits per heavy atom. The first kappa shape index (κ1) is 34.0. The van der Waals surface area contributed by atoms with Gasteiger partial charge in [0.1, 0.15) is 23.4 Å². The molecule has 3 aliphatic rings. The maximum atomic E-state index is 14.1. The first-order valence-electron chi connectivity index (χ1n) is 15.6. The van der Waals surface area contributed by atoms with Gasteiger partial charge >= 0.3 is 18.0 Å². The number of hydrogen-bond acceptors (Lipinski definition) is 11. The maximum absolute atomic E-state index is 14.1. The molecule has 0 radical (unpaired) electrons. The van der Waals surface area contributed by atoms with Crippen LogP contribution in [0.15, 0.2) is 82.6 Å². The summed E-state index contributed by atoms with van der Waals surface area (Å²) >= 11 is 7.84. The Morgan fingerprint density at radius 3 is 2.63 bits per heavy atom. The minimum Gasteiger partial charge on any atom is -0.478 e. The fourth-order valence-electron chi connectivity index (χ4n) is 6.27. The fourth-order valence-corrected chi connectivity index (χ4v) is 7.13. The number of aliphatic imine (C=N–C) groups is 1. The number of carbonyl (C=O) groups excluding carboxylic acids is 2. The predicted octanol–water partition coefficient (Wildman–Crippen LogP) is 5.10. The number of carboxylic acid groups (broad SMARTS) is 1. The van der Waals surface area contributed by atoms with Gasteiger partial charge in [0.15, 0.2) is 10.8 Å². The lowest BCUT2D eigenvalue weighted by atomic mass is 9.95. The van der Waals surface area contributed by atoms with Crippen LogP contribution in [-0.2, 0) is 9.53 Å². The molecule has 2 aromatic carbocycles.